The maximum Gasteiger partial charge on any atom is 0.162 e. The van der Waals surface area contributed by atoms with E-state index in [0.717, 1.165) is 5.70 Å². The minimum absolute atomic E-state index is 0.0431. The molecule has 50 heavy (non-hydrogen) atoms. The highest BCUT2D eigenvalue weighted by molar-refractivity contribution is 6.36. The summed E-state index contributed by atoms with van der Waals surface area (Å²) >= 11 is 0. The first-order valence-electron chi connectivity index (χ1n) is 17.4. The van der Waals surface area contributed by atoms with Crippen LogP contribution in [0.2, 0.25) is 0 Å². The molecule has 0 radical (unpaired) electrons. The van der Waals surface area contributed by atoms with Crippen LogP contribution in [0.25, 0.3) is 70.9 Å². The van der Waals surface area contributed by atoms with Crippen LogP contribution in [0.1, 0.15) is 23.5 Å². The Morgan fingerprint density at radius 1 is 0.480 bits per heavy atom. The molecule has 2 atom stereocenters. The lowest BCUT2D eigenvalue weighted by atomic mass is 9.93. The number of fused-ring (bicyclic) bond motifs is 10. The molecule has 1 aliphatic heterocycles. The molecule has 0 bridgehead atoms. The Hall–Kier alpha value is -6.16. The van der Waals surface area contributed by atoms with Gasteiger partial charge in [0.25, 0.3) is 0 Å². The van der Waals surface area contributed by atoms with Gasteiger partial charge in [-0.25, -0.2) is 0 Å². The lowest BCUT2D eigenvalue weighted by Gasteiger charge is -2.41. The first-order chi connectivity index (χ1) is 24.7. The van der Waals surface area contributed by atoms with Gasteiger partial charge in [-0.05, 0) is 69.1 Å². The number of hydrogen-bond donors (Lipinski definition) is 1. The van der Waals surface area contributed by atoms with E-state index < -0.39 is 0 Å². The normalized spacial score (nSPS) is 16.7. The Morgan fingerprint density at radius 2 is 1.12 bits per heavy atom. The second kappa shape index (κ2) is 11.5. The molecule has 1 aromatic heterocycles. The highest BCUT2D eigenvalue weighted by Gasteiger charge is 2.33. The molecule has 0 saturated heterocycles. The Labute approximate surface area is 291 Å². The summed E-state index contributed by atoms with van der Waals surface area (Å²) in [5, 5.41) is 14.3. The van der Waals surface area contributed by atoms with Gasteiger partial charge in [-0.3, -0.25) is 4.90 Å². The Bertz CT molecular complexity index is 2760. The molecule has 9 aromatic rings. The number of nitrogens with zero attached hydrogens (tertiary/aromatic N) is 2. The smallest absolute Gasteiger partial charge is 0.162 e. The zero-order valence-corrected chi connectivity index (χ0v) is 27.8. The summed E-state index contributed by atoms with van der Waals surface area (Å²) in [6, 6.07) is 61.9. The second-order valence-corrected chi connectivity index (χ2v) is 13.4. The Kier molecular flexibility index (Phi) is 6.61. The van der Waals surface area contributed by atoms with Crippen LogP contribution in [0.3, 0.4) is 0 Å². The third kappa shape index (κ3) is 4.41. The second-order valence-electron chi connectivity index (χ2n) is 13.4. The number of hydrogen-bond acceptors (Lipinski definition) is 2. The molecule has 0 fully saturated rings. The molecule has 2 heterocycles. The molecule has 3 heteroatoms. The van der Waals surface area contributed by atoms with Crippen molar-refractivity contribution in [1.29, 1.82) is 0 Å². The summed E-state index contributed by atoms with van der Waals surface area (Å²) < 4.78 is 2.57. The fourth-order valence-electron chi connectivity index (χ4n) is 8.35. The van der Waals surface area contributed by atoms with Crippen molar-refractivity contribution in [2.45, 2.75) is 12.3 Å². The molecular weight excluding hydrogens is 607 g/mol. The summed E-state index contributed by atoms with van der Waals surface area (Å²) in [5.41, 5.74) is 8.45. The minimum atomic E-state index is -0.182. The van der Waals surface area contributed by atoms with Gasteiger partial charge in [0.1, 0.15) is 0 Å². The molecule has 0 amide bonds. The van der Waals surface area contributed by atoms with Crippen LogP contribution in [-0.2, 0) is 0 Å². The number of para-hydroxylation sites is 1. The molecular formula is C47H35N3. The molecule has 1 N–H and O–H groups in total. The molecule has 3 nitrogen and oxygen atoms in total. The van der Waals surface area contributed by atoms with Crippen LogP contribution in [-0.4, -0.2) is 16.5 Å². The predicted octanol–water partition coefficient (Wildman–Crippen LogP) is 11.7. The van der Waals surface area contributed by atoms with E-state index in [1.807, 2.05) is 0 Å². The standard InChI is InChI=1S/C47H35N3/c1-49-43(33-18-6-3-7-19-33)30-41(35-21-14-20-34(29-35)31-15-4-2-5-16-31)48-47(49)50-42-26-13-12-25-40(42)45-44-36-22-9-8-17-32(36)27-28-38(44)37-23-10-11-24-39(37)46(45)50/h2-30,43,47-48H,1H3. The summed E-state index contributed by atoms with van der Waals surface area (Å²) in [5.74, 6) is 0. The van der Waals surface area contributed by atoms with Gasteiger partial charge in [-0.2, -0.15) is 0 Å². The van der Waals surface area contributed by atoms with Gasteiger partial charge in [-0.15, -0.1) is 0 Å². The van der Waals surface area contributed by atoms with Gasteiger partial charge in [-0.1, -0.05) is 158 Å². The van der Waals surface area contributed by atoms with Crippen LogP contribution in [0.15, 0.2) is 176 Å². The third-order valence-electron chi connectivity index (χ3n) is 10.7. The summed E-state index contributed by atoms with van der Waals surface area (Å²) in [6.45, 7) is 0. The van der Waals surface area contributed by atoms with E-state index in [0.29, 0.717) is 0 Å². The van der Waals surface area contributed by atoms with Gasteiger partial charge in [0.15, 0.2) is 6.29 Å². The molecule has 238 valence electrons. The third-order valence-corrected chi connectivity index (χ3v) is 10.7. The minimum Gasteiger partial charge on any atom is -0.352 e. The molecule has 2 unspecified atom stereocenters. The van der Waals surface area contributed by atoms with Crippen LogP contribution >= 0.6 is 0 Å². The summed E-state index contributed by atoms with van der Waals surface area (Å²) in [7, 11) is 2.25. The van der Waals surface area contributed by atoms with Crippen molar-refractivity contribution >= 4 is 59.8 Å². The Morgan fingerprint density at radius 3 is 1.94 bits per heavy atom. The van der Waals surface area contributed by atoms with Crippen molar-refractivity contribution in [2.24, 2.45) is 0 Å². The average molecular weight is 642 g/mol. The summed E-state index contributed by atoms with van der Waals surface area (Å²) in [6.07, 6.45) is 2.21. The number of rotatable bonds is 4. The quantitative estimate of drug-likeness (QED) is 0.193. The summed E-state index contributed by atoms with van der Waals surface area (Å²) in [4.78, 5) is 2.48. The molecule has 1 aliphatic rings. The lowest BCUT2D eigenvalue weighted by Crippen LogP contribution is -2.44. The monoisotopic (exact) mass is 641 g/mol. The van der Waals surface area contributed by atoms with E-state index in [1.165, 1.54) is 76.4 Å². The highest BCUT2D eigenvalue weighted by atomic mass is 15.4. The van der Waals surface area contributed by atoms with Crippen LogP contribution < -0.4 is 5.32 Å². The number of benzene rings is 8. The Balaban J connectivity index is 1.28. The molecule has 8 aromatic carbocycles. The van der Waals surface area contributed by atoms with Crippen LogP contribution in [0, 0.1) is 0 Å². The van der Waals surface area contributed by atoms with Crippen molar-refractivity contribution in [3.05, 3.63) is 187 Å². The van der Waals surface area contributed by atoms with Crippen molar-refractivity contribution in [3.63, 3.8) is 0 Å². The number of nitrogens with one attached hydrogen (secondary N) is 1. The zero-order valence-electron chi connectivity index (χ0n) is 27.8. The van der Waals surface area contributed by atoms with E-state index in [1.54, 1.807) is 0 Å². The van der Waals surface area contributed by atoms with Gasteiger partial charge in [0.05, 0.1) is 17.1 Å². The first kappa shape index (κ1) is 28.8. The largest absolute Gasteiger partial charge is 0.352 e. The van der Waals surface area contributed by atoms with E-state index >= 15 is 0 Å². The fraction of sp³-hybridized carbons (Fsp3) is 0.0638. The van der Waals surface area contributed by atoms with E-state index in [9.17, 15) is 0 Å². The van der Waals surface area contributed by atoms with E-state index in [4.69, 9.17) is 0 Å². The average Bonchev–Trinajstić information content (AvgIpc) is 3.54. The van der Waals surface area contributed by atoms with Crippen LogP contribution in [0.5, 0.6) is 0 Å². The molecule has 10 rings (SSSR count). The lowest BCUT2D eigenvalue weighted by molar-refractivity contribution is 0.124. The zero-order chi connectivity index (χ0) is 33.2. The van der Waals surface area contributed by atoms with E-state index in [-0.39, 0.29) is 12.3 Å². The molecule has 0 saturated carbocycles. The fourth-order valence-corrected chi connectivity index (χ4v) is 8.35. The number of aromatic nitrogens is 1. The molecule has 0 spiro atoms. The van der Waals surface area contributed by atoms with Crippen molar-refractivity contribution in [2.75, 3.05) is 7.05 Å². The predicted molar refractivity (Wildman–Crippen MR) is 211 cm³/mol. The van der Waals surface area contributed by atoms with Crippen LogP contribution in [0.4, 0.5) is 0 Å². The topological polar surface area (TPSA) is 20.2 Å². The molecule has 0 aliphatic carbocycles. The van der Waals surface area contributed by atoms with Gasteiger partial charge in [0.2, 0.25) is 0 Å². The van der Waals surface area contributed by atoms with Gasteiger partial charge >= 0.3 is 0 Å². The van der Waals surface area contributed by atoms with Crippen molar-refractivity contribution < 1.29 is 0 Å². The van der Waals surface area contributed by atoms with Gasteiger partial charge < -0.3 is 9.88 Å². The number of likely N-dealkylation sites (N-methyl/N-ethyl adjacent to an activating group) is 1. The highest BCUT2D eigenvalue weighted by Crippen LogP contribution is 2.46. The van der Waals surface area contributed by atoms with Crippen molar-refractivity contribution in [3.8, 4) is 11.1 Å². The van der Waals surface area contributed by atoms with E-state index in [2.05, 4.69) is 198 Å². The maximum absolute atomic E-state index is 4.08. The first-order valence-corrected chi connectivity index (χ1v) is 17.4. The van der Waals surface area contributed by atoms with Gasteiger partial charge in [0, 0.05) is 27.2 Å². The van der Waals surface area contributed by atoms with Crippen molar-refractivity contribution in [1.82, 2.24) is 14.8 Å². The SMILES string of the molecule is CN1C(c2ccccc2)C=C(c2cccc(-c3ccccc3)c2)NC1n1c2ccccc2c2c3c4ccccc4ccc3c3ccccc3c21. The maximum atomic E-state index is 4.08.